The van der Waals surface area contributed by atoms with Crippen LogP contribution in [0.5, 0.6) is 0 Å². The normalized spacial score (nSPS) is 11.3. The van der Waals surface area contributed by atoms with E-state index in [4.69, 9.17) is 9.40 Å². The number of aryl methyl sites for hydroxylation is 4. The summed E-state index contributed by atoms with van der Waals surface area (Å²) in [6.45, 7) is 8.62. The van der Waals surface area contributed by atoms with E-state index in [1.807, 2.05) is 37.5 Å². The number of carbonyl (C=O) groups is 1. The zero-order chi connectivity index (χ0) is 20.0. The Bertz CT molecular complexity index is 1220. The summed E-state index contributed by atoms with van der Waals surface area (Å²) >= 11 is 0. The zero-order valence-electron chi connectivity index (χ0n) is 16.3. The Morgan fingerprint density at radius 2 is 1.89 bits per heavy atom. The number of imidazole rings is 1. The second-order valence-corrected chi connectivity index (χ2v) is 6.92. The quantitative estimate of drug-likeness (QED) is 0.543. The van der Waals surface area contributed by atoms with Crippen LogP contribution in [0.4, 0.5) is 0 Å². The SMILES string of the molecule is CCn1c(-c2nc(C)oc2-c2ccc(C)cc2C)nc2cc(C(=O)O)ccc21. The first-order valence-corrected chi connectivity index (χ1v) is 9.18. The number of carboxylic acids is 1. The average molecular weight is 375 g/mol. The molecule has 0 spiro atoms. The van der Waals surface area contributed by atoms with Gasteiger partial charge in [-0.15, -0.1) is 0 Å². The highest BCUT2D eigenvalue weighted by atomic mass is 16.4. The third kappa shape index (κ3) is 2.87. The summed E-state index contributed by atoms with van der Waals surface area (Å²) in [4.78, 5) is 20.7. The summed E-state index contributed by atoms with van der Waals surface area (Å²) in [7, 11) is 0. The Morgan fingerprint density at radius 1 is 1.11 bits per heavy atom. The van der Waals surface area contributed by atoms with Crippen LogP contribution in [0.2, 0.25) is 0 Å². The van der Waals surface area contributed by atoms with E-state index in [2.05, 4.69) is 18.0 Å². The molecule has 0 aliphatic carbocycles. The number of hydrogen-bond donors (Lipinski definition) is 1. The van der Waals surface area contributed by atoms with E-state index in [-0.39, 0.29) is 5.56 Å². The number of oxazole rings is 1. The van der Waals surface area contributed by atoms with Crippen molar-refractivity contribution in [3.8, 4) is 22.8 Å². The maximum absolute atomic E-state index is 11.3. The molecule has 2 heterocycles. The minimum atomic E-state index is -0.970. The summed E-state index contributed by atoms with van der Waals surface area (Å²) in [5.74, 6) is 0.944. The van der Waals surface area contributed by atoms with Crippen molar-refractivity contribution in [2.45, 2.75) is 34.2 Å². The van der Waals surface area contributed by atoms with E-state index in [0.717, 1.165) is 16.6 Å². The Labute approximate surface area is 162 Å². The average Bonchev–Trinajstić information content (AvgIpc) is 3.20. The molecule has 4 aromatic rings. The highest BCUT2D eigenvalue weighted by molar-refractivity contribution is 5.93. The number of aromatic nitrogens is 3. The molecule has 0 aliphatic rings. The third-order valence-corrected chi connectivity index (χ3v) is 4.88. The Balaban J connectivity index is 1.97. The van der Waals surface area contributed by atoms with E-state index >= 15 is 0 Å². The van der Waals surface area contributed by atoms with Gasteiger partial charge in [-0.25, -0.2) is 14.8 Å². The molecule has 1 N–H and O–H groups in total. The summed E-state index contributed by atoms with van der Waals surface area (Å²) in [6.07, 6.45) is 0. The van der Waals surface area contributed by atoms with Gasteiger partial charge in [0.2, 0.25) is 0 Å². The molecule has 142 valence electrons. The van der Waals surface area contributed by atoms with Gasteiger partial charge < -0.3 is 14.1 Å². The van der Waals surface area contributed by atoms with Crippen molar-refractivity contribution in [1.29, 1.82) is 0 Å². The zero-order valence-corrected chi connectivity index (χ0v) is 16.3. The fourth-order valence-electron chi connectivity index (χ4n) is 3.59. The molecule has 4 rings (SSSR count). The van der Waals surface area contributed by atoms with E-state index in [1.54, 1.807) is 18.2 Å². The Kier molecular flexibility index (Phi) is 4.26. The molecule has 6 nitrogen and oxygen atoms in total. The van der Waals surface area contributed by atoms with Crippen LogP contribution < -0.4 is 0 Å². The van der Waals surface area contributed by atoms with Crippen LogP contribution in [-0.2, 0) is 6.54 Å². The van der Waals surface area contributed by atoms with Crippen LogP contribution >= 0.6 is 0 Å². The number of benzene rings is 2. The van der Waals surface area contributed by atoms with Gasteiger partial charge in [-0.3, -0.25) is 0 Å². The third-order valence-electron chi connectivity index (χ3n) is 4.88. The summed E-state index contributed by atoms with van der Waals surface area (Å²) < 4.78 is 8.01. The lowest BCUT2D eigenvalue weighted by molar-refractivity contribution is 0.0697. The smallest absolute Gasteiger partial charge is 0.335 e. The molecule has 0 amide bonds. The first-order valence-electron chi connectivity index (χ1n) is 9.18. The standard InChI is InChI=1S/C22H21N3O3/c1-5-25-18-9-7-15(22(26)27)11-17(18)24-21(25)19-20(28-14(4)23-19)16-8-6-12(2)10-13(16)3/h6-11H,5H2,1-4H3,(H,26,27). The van der Waals surface area contributed by atoms with E-state index in [1.165, 1.54) is 5.56 Å². The molecule has 0 radical (unpaired) electrons. The van der Waals surface area contributed by atoms with Gasteiger partial charge in [0.1, 0.15) is 0 Å². The van der Waals surface area contributed by atoms with Gasteiger partial charge >= 0.3 is 5.97 Å². The first-order chi connectivity index (χ1) is 13.4. The van der Waals surface area contributed by atoms with Crippen LogP contribution in [0.3, 0.4) is 0 Å². The monoisotopic (exact) mass is 375 g/mol. The van der Waals surface area contributed by atoms with Crippen molar-refractivity contribution in [1.82, 2.24) is 14.5 Å². The first kappa shape index (κ1) is 18.0. The van der Waals surface area contributed by atoms with Crippen LogP contribution in [0.25, 0.3) is 33.9 Å². The van der Waals surface area contributed by atoms with Gasteiger partial charge in [0, 0.05) is 19.0 Å². The van der Waals surface area contributed by atoms with Crippen molar-refractivity contribution in [3.63, 3.8) is 0 Å². The second-order valence-electron chi connectivity index (χ2n) is 6.92. The number of aromatic carboxylic acids is 1. The van der Waals surface area contributed by atoms with Crippen LogP contribution in [0.1, 0.15) is 34.3 Å². The van der Waals surface area contributed by atoms with E-state index < -0.39 is 5.97 Å². The fraction of sp³-hybridized carbons (Fsp3) is 0.227. The molecular formula is C22H21N3O3. The maximum atomic E-state index is 11.3. The molecule has 2 aromatic carbocycles. The van der Waals surface area contributed by atoms with Gasteiger partial charge in [-0.05, 0) is 44.5 Å². The number of hydrogen-bond acceptors (Lipinski definition) is 4. The number of carboxylic acid groups (broad SMARTS) is 1. The summed E-state index contributed by atoms with van der Waals surface area (Å²) in [5.41, 5.74) is 5.64. The predicted molar refractivity (Wildman–Crippen MR) is 108 cm³/mol. The molecule has 0 saturated heterocycles. The largest absolute Gasteiger partial charge is 0.478 e. The van der Waals surface area contributed by atoms with Gasteiger partial charge in [-0.2, -0.15) is 0 Å². The maximum Gasteiger partial charge on any atom is 0.335 e. The second kappa shape index (κ2) is 6.64. The molecule has 0 saturated carbocycles. The number of rotatable bonds is 4. The summed E-state index contributed by atoms with van der Waals surface area (Å²) in [5, 5.41) is 9.28. The van der Waals surface area contributed by atoms with Crippen molar-refractivity contribution in [2.24, 2.45) is 0 Å². The molecule has 6 heteroatoms. The number of fused-ring (bicyclic) bond motifs is 1. The van der Waals surface area contributed by atoms with Gasteiger partial charge in [0.25, 0.3) is 0 Å². The van der Waals surface area contributed by atoms with Crippen molar-refractivity contribution < 1.29 is 14.3 Å². The van der Waals surface area contributed by atoms with Crippen molar-refractivity contribution in [2.75, 3.05) is 0 Å². The minimum Gasteiger partial charge on any atom is -0.478 e. The highest BCUT2D eigenvalue weighted by Crippen LogP contribution is 2.35. The lowest BCUT2D eigenvalue weighted by Gasteiger charge is -2.08. The van der Waals surface area contributed by atoms with Crippen molar-refractivity contribution >= 4 is 17.0 Å². The van der Waals surface area contributed by atoms with Gasteiger partial charge in [0.15, 0.2) is 23.2 Å². The predicted octanol–water partition coefficient (Wildman–Crippen LogP) is 5.00. The highest BCUT2D eigenvalue weighted by Gasteiger charge is 2.23. The molecule has 0 unspecified atom stereocenters. The topological polar surface area (TPSA) is 81.2 Å². The lowest BCUT2D eigenvalue weighted by atomic mass is 10.0. The molecule has 0 fully saturated rings. The summed E-state index contributed by atoms with van der Waals surface area (Å²) in [6, 6.07) is 11.2. The minimum absolute atomic E-state index is 0.214. The molecule has 28 heavy (non-hydrogen) atoms. The van der Waals surface area contributed by atoms with Crippen molar-refractivity contribution in [3.05, 3.63) is 59.0 Å². The molecule has 0 atom stereocenters. The van der Waals surface area contributed by atoms with Crippen LogP contribution in [0.15, 0.2) is 40.8 Å². The Hall–Kier alpha value is -3.41. The van der Waals surface area contributed by atoms with E-state index in [0.29, 0.717) is 35.2 Å². The van der Waals surface area contributed by atoms with Gasteiger partial charge in [-0.1, -0.05) is 23.8 Å². The fourth-order valence-corrected chi connectivity index (χ4v) is 3.59. The molecule has 2 aromatic heterocycles. The number of nitrogens with zero attached hydrogens (tertiary/aromatic N) is 3. The molecule has 0 aliphatic heterocycles. The van der Waals surface area contributed by atoms with Crippen LogP contribution in [-0.4, -0.2) is 25.6 Å². The van der Waals surface area contributed by atoms with Crippen LogP contribution in [0, 0.1) is 20.8 Å². The van der Waals surface area contributed by atoms with Gasteiger partial charge in [0.05, 0.1) is 16.6 Å². The molecule has 0 bridgehead atoms. The molecular weight excluding hydrogens is 354 g/mol. The lowest BCUT2D eigenvalue weighted by Crippen LogP contribution is -1.99. The Morgan fingerprint density at radius 3 is 2.57 bits per heavy atom. The van der Waals surface area contributed by atoms with E-state index in [9.17, 15) is 9.90 Å².